The van der Waals surface area contributed by atoms with Gasteiger partial charge in [0.25, 0.3) is 0 Å². The average Bonchev–Trinajstić information content (AvgIpc) is 3.06. The molecule has 0 aromatic heterocycles. The molecule has 0 radical (unpaired) electrons. The van der Waals surface area contributed by atoms with E-state index in [1.807, 2.05) is 12.1 Å². The Kier molecular flexibility index (Phi) is 4.36. The zero-order valence-corrected chi connectivity index (χ0v) is 12.8. The van der Waals surface area contributed by atoms with Gasteiger partial charge in [-0.05, 0) is 42.5 Å². The second kappa shape index (κ2) is 6.26. The fourth-order valence-corrected chi connectivity index (χ4v) is 3.45. The summed E-state index contributed by atoms with van der Waals surface area (Å²) in [5.74, 6) is -1.21. The number of benzene rings is 1. The lowest BCUT2D eigenvalue weighted by molar-refractivity contribution is -0.141. The van der Waals surface area contributed by atoms with E-state index >= 15 is 0 Å². The fraction of sp³-hybridized carbons (Fsp3) is 0.500. The van der Waals surface area contributed by atoms with E-state index < -0.39 is 5.97 Å². The van der Waals surface area contributed by atoms with Crippen molar-refractivity contribution in [2.45, 2.75) is 44.4 Å². The van der Waals surface area contributed by atoms with E-state index in [-0.39, 0.29) is 30.4 Å². The second-order valence-corrected chi connectivity index (χ2v) is 6.40. The number of rotatable bonds is 4. The van der Waals surface area contributed by atoms with Gasteiger partial charge in [-0.1, -0.05) is 17.7 Å². The first kappa shape index (κ1) is 15.3. The molecule has 0 bridgehead atoms. The molecule has 1 aromatic carbocycles. The van der Waals surface area contributed by atoms with E-state index in [0.717, 1.165) is 17.5 Å². The van der Waals surface area contributed by atoms with E-state index in [9.17, 15) is 9.59 Å². The number of aliphatic carboxylic acids is 1. The van der Waals surface area contributed by atoms with Crippen LogP contribution in [0.25, 0.3) is 0 Å². The molecule has 3 atom stereocenters. The van der Waals surface area contributed by atoms with Gasteiger partial charge in [-0.15, -0.1) is 0 Å². The van der Waals surface area contributed by atoms with Crippen molar-refractivity contribution in [2.75, 3.05) is 0 Å². The van der Waals surface area contributed by atoms with Crippen molar-refractivity contribution in [3.63, 3.8) is 0 Å². The highest BCUT2D eigenvalue weighted by atomic mass is 35.5. The molecule has 1 aromatic rings. The molecule has 5 nitrogen and oxygen atoms in total. The van der Waals surface area contributed by atoms with Crippen LogP contribution in [0, 0.1) is 5.92 Å². The summed E-state index contributed by atoms with van der Waals surface area (Å²) in [6.45, 7) is 0.471. The predicted molar refractivity (Wildman–Crippen MR) is 80.5 cm³/mol. The number of fused-ring (bicyclic) bond motifs is 1. The number of nitrogens with one attached hydrogen (secondary N) is 1. The zero-order valence-electron chi connectivity index (χ0n) is 12.0. The van der Waals surface area contributed by atoms with Crippen LogP contribution in [0.2, 0.25) is 5.02 Å². The molecule has 0 saturated heterocycles. The number of carbonyl (C=O) groups is 2. The van der Waals surface area contributed by atoms with Crippen molar-refractivity contribution in [1.82, 2.24) is 5.32 Å². The van der Waals surface area contributed by atoms with Gasteiger partial charge in [0.15, 0.2) is 0 Å². The summed E-state index contributed by atoms with van der Waals surface area (Å²) < 4.78 is 5.66. The summed E-state index contributed by atoms with van der Waals surface area (Å²) in [5, 5.41) is 12.6. The van der Waals surface area contributed by atoms with Crippen LogP contribution in [0.15, 0.2) is 18.2 Å². The predicted octanol–water partition coefficient (Wildman–Crippen LogP) is 2.67. The van der Waals surface area contributed by atoms with Gasteiger partial charge in [0.2, 0.25) is 5.91 Å². The zero-order chi connectivity index (χ0) is 15.7. The smallest absolute Gasteiger partial charge is 0.306 e. The number of hydrogen-bond acceptors (Lipinski definition) is 3. The number of ether oxygens (including phenoxy) is 1. The van der Waals surface area contributed by atoms with Crippen LogP contribution < -0.4 is 5.32 Å². The molecule has 1 saturated carbocycles. The van der Waals surface area contributed by atoms with Crippen LogP contribution in [0.5, 0.6) is 0 Å². The molecule has 3 rings (SSSR count). The highest BCUT2D eigenvalue weighted by Crippen LogP contribution is 2.34. The van der Waals surface area contributed by atoms with Gasteiger partial charge in [0.1, 0.15) is 0 Å². The van der Waals surface area contributed by atoms with E-state index in [4.69, 9.17) is 21.4 Å². The van der Waals surface area contributed by atoms with Crippen LogP contribution >= 0.6 is 11.6 Å². The standard InChI is InChI=1S/C16H18ClNO4/c17-11-2-4-13-10(5-11)8-22-14(13)7-15(19)18-12-3-1-9(6-12)16(20)21/h2,4-5,9,12,14H,1,3,6-8H2,(H,18,19)(H,20,21)/t9-,12+,14?/m1/s1. The van der Waals surface area contributed by atoms with E-state index in [1.165, 1.54) is 0 Å². The highest BCUT2D eigenvalue weighted by Gasteiger charge is 2.32. The molecule has 0 spiro atoms. The van der Waals surface area contributed by atoms with Crippen LogP contribution in [-0.4, -0.2) is 23.0 Å². The first-order valence-electron chi connectivity index (χ1n) is 7.45. The van der Waals surface area contributed by atoms with Crippen LogP contribution in [0.1, 0.15) is 42.9 Å². The lowest BCUT2D eigenvalue weighted by Crippen LogP contribution is -2.34. The van der Waals surface area contributed by atoms with Crippen LogP contribution in [-0.2, 0) is 20.9 Å². The number of halogens is 1. The van der Waals surface area contributed by atoms with Crippen molar-refractivity contribution in [2.24, 2.45) is 5.92 Å². The van der Waals surface area contributed by atoms with E-state index in [1.54, 1.807) is 6.07 Å². The first-order chi connectivity index (χ1) is 10.5. The molecule has 2 N–H and O–H groups in total. The summed E-state index contributed by atoms with van der Waals surface area (Å²) in [6, 6.07) is 5.52. The monoisotopic (exact) mass is 323 g/mol. The summed E-state index contributed by atoms with van der Waals surface area (Å²) in [6.07, 6.45) is 1.87. The van der Waals surface area contributed by atoms with Gasteiger partial charge in [-0.25, -0.2) is 0 Å². The minimum atomic E-state index is -0.776. The Morgan fingerprint density at radius 1 is 1.36 bits per heavy atom. The van der Waals surface area contributed by atoms with Crippen molar-refractivity contribution < 1.29 is 19.4 Å². The van der Waals surface area contributed by atoms with E-state index in [2.05, 4.69) is 5.32 Å². The maximum absolute atomic E-state index is 12.1. The number of carbonyl (C=O) groups excluding carboxylic acids is 1. The highest BCUT2D eigenvalue weighted by molar-refractivity contribution is 6.30. The molecule has 1 amide bonds. The summed E-state index contributed by atoms with van der Waals surface area (Å²) in [5.41, 5.74) is 2.03. The Morgan fingerprint density at radius 3 is 2.91 bits per heavy atom. The van der Waals surface area contributed by atoms with Gasteiger partial charge in [0.05, 0.1) is 25.0 Å². The third kappa shape index (κ3) is 3.25. The quantitative estimate of drug-likeness (QED) is 0.893. The molecular formula is C16H18ClNO4. The molecule has 1 heterocycles. The fourth-order valence-electron chi connectivity index (χ4n) is 3.25. The SMILES string of the molecule is O=C(CC1OCc2cc(Cl)ccc21)N[C@H]1CC[C@@H](C(=O)O)C1. The Hall–Kier alpha value is -1.59. The van der Waals surface area contributed by atoms with Gasteiger partial charge >= 0.3 is 5.97 Å². The topological polar surface area (TPSA) is 75.6 Å². The Bertz CT molecular complexity index is 604. The van der Waals surface area contributed by atoms with Gasteiger partial charge in [0, 0.05) is 11.1 Å². The average molecular weight is 324 g/mol. The molecule has 1 unspecified atom stereocenters. The second-order valence-electron chi connectivity index (χ2n) is 5.96. The van der Waals surface area contributed by atoms with E-state index in [0.29, 0.717) is 24.5 Å². The summed E-state index contributed by atoms with van der Waals surface area (Å²) in [4.78, 5) is 23.1. The summed E-state index contributed by atoms with van der Waals surface area (Å²) in [7, 11) is 0. The third-order valence-electron chi connectivity index (χ3n) is 4.41. The number of carboxylic acid groups (broad SMARTS) is 1. The number of hydrogen-bond donors (Lipinski definition) is 2. The van der Waals surface area contributed by atoms with Gasteiger partial charge < -0.3 is 15.2 Å². The van der Waals surface area contributed by atoms with Crippen LogP contribution in [0.4, 0.5) is 0 Å². The van der Waals surface area contributed by atoms with Gasteiger partial charge in [-0.3, -0.25) is 9.59 Å². The Labute approximate surface area is 133 Å². The molecule has 118 valence electrons. The minimum absolute atomic E-state index is 0.0420. The summed E-state index contributed by atoms with van der Waals surface area (Å²) >= 11 is 5.95. The normalized spacial score (nSPS) is 26.7. The maximum atomic E-state index is 12.1. The molecule has 2 aliphatic rings. The van der Waals surface area contributed by atoms with Crippen molar-refractivity contribution in [1.29, 1.82) is 0 Å². The lowest BCUT2D eigenvalue weighted by atomic mass is 10.0. The number of amides is 1. The third-order valence-corrected chi connectivity index (χ3v) is 4.64. The van der Waals surface area contributed by atoms with Crippen molar-refractivity contribution in [3.8, 4) is 0 Å². The Morgan fingerprint density at radius 2 is 2.18 bits per heavy atom. The van der Waals surface area contributed by atoms with Crippen molar-refractivity contribution in [3.05, 3.63) is 34.3 Å². The molecule has 22 heavy (non-hydrogen) atoms. The van der Waals surface area contributed by atoms with Crippen molar-refractivity contribution >= 4 is 23.5 Å². The first-order valence-corrected chi connectivity index (χ1v) is 7.83. The Balaban J connectivity index is 1.55. The lowest BCUT2D eigenvalue weighted by Gasteiger charge is -2.15. The van der Waals surface area contributed by atoms with Crippen LogP contribution in [0.3, 0.4) is 0 Å². The molecule has 1 aliphatic carbocycles. The molecular weight excluding hydrogens is 306 g/mol. The maximum Gasteiger partial charge on any atom is 0.306 e. The molecule has 1 aliphatic heterocycles. The molecule has 1 fully saturated rings. The largest absolute Gasteiger partial charge is 0.481 e. The van der Waals surface area contributed by atoms with Gasteiger partial charge in [-0.2, -0.15) is 0 Å². The minimum Gasteiger partial charge on any atom is -0.481 e. The number of carboxylic acids is 1. The molecule has 6 heteroatoms.